The molecule has 4 heteroatoms. The van der Waals surface area contributed by atoms with Crippen LogP contribution in [0.5, 0.6) is 0 Å². The van der Waals surface area contributed by atoms with Gasteiger partial charge in [0.1, 0.15) is 5.58 Å². The number of thiophene rings is 1. The molecule has 1 aliphatic heterocycles. The summed E-state index contributed by atoms with van der Waals surface area (Å²) in [6.45, 7) is 0. The summed E-state index contributed by atoms with van der Waals surface area (Å²) in [5.74, 6) is 0. The number of para-hydroxylation sites is 5. The highest BCUT2D eigenvalue weighted by molar-refractivity contribution is 7.25. The van der Waals surface area contributed by atoms with E-state index in [-0.39, 0.29) is 0 Å². The van der Waals surface area contributed by atoms with E-state index in [9.17, 15) is 0 Å². The van der Waals surface area contributed by atoms with E-state index in [0.717, 1.165) is 39.0 Å². The Kier molecular flexibility index (Phi) is 3.81. The van der Waals surface area contributed by atoms with Gasteiger partial charge in [0, 0.05) is 41.7 Å². The summed E-state index contributed by atoms with van der Waals surface area (Å²) >= 11 is 1.88. The lowest BCUT2D eigenvalue weighted by molar-refractivity contribution is 0.669. The largest absolute Gasteiger partial charge is 0.454 e. The summed E-state index contributed by atoms with van der Waals surface area (Å²) in [5, 5.41) is 7.48. The van der Waals surface area contributed by atoms with Gasteiger partial charge in [0.25, 0.3) is 0 Å². The lowest BCUT2D eigenvalue weighted by Gasteiger charge is -2.33. The number of hydrogen-bond donors (Lipinski definition) is 0. The van der Waals surface area contributed by atoms with Crippen molar-refractivity contribution in [2.24, 2.45) is 0 Å². The number of hydrogen-bond acceptors (Lipinski definition) is 3. The maximum Gasteiger partial charge on any atom is 0.159 e. The number of anilines is 3. The van der Waals surface area contributed by atoms with Gasteiger partial charge in [0.05, 0.1) is 33.8 Å². The molecule has 0 saturated heterocycles. The predicted octanol–water partition coefficient (Wildman–Crippen LogP) is 10.8. The number of aromatic nitrogens is 1. The molecule has 0 saturated carbocycles. The summed E-state index contributed by atoms with van der Waals surface area (Å²) in [5.41, 5.74) is 8.82. The average molecular weight is 529 g/mol. The lowest BCUT2D eigenvalue weighted by Crippen LogP contribution is -2.18. The van der Waals surface area contributed by atoms with Crippen LogP contribution in [0.1, 0.15) is 0 Å². The Morgan fingerprint density at radius 1 is 0.475 bits per heavy atom. The minimum Gasteiger partial charge on any atom is -0.454 e. The molecule has 0 radical (unpaired) electrons. The second-order valence-corrected chi connectivity index (χ2v) is 11.6. The highest BCUT2D eigenvalue weighted by Crippen LogP contribution is 2.52. The molecule has 9 aromatic rings. The van der Waals surface area contributed by atoms with E-state index in [2.05, 4.69) is 125 Å². The van der Waals surface area contributed by atoms with Crippen molar-refractivity contribution in [3.63, 3.8) is 0 Å². The molecule has 186 valence electrons. The number of furan rings is 1. The average Bonchev–Trinajstić information content (AvgIpc) is 3.67. The fourth-order valence-electron chi connectivity index (χ4n) is 6.84. The molecule has 0 aliphatic carbocycles. The predicted molar refractivity (Wildman–Crippen MR) is 169 cm³/mol. The lowest BCUT2D eigenvalue weighted by atomic mass is 10.1. The van der Waals surface area contributed by atoms with Crippen molar-refractivity contribution in [2.45, 2.75) is 0 Å². The van der Waals surface area contributed by atoms with Gasteiger partial charge in [0.2, 0.25) is 0 Å². The SMILES string of the molecule is c1ccc2c(c1)N(c1cccc3c1oc1ccccc13)c1cccc3c4cc5sc6ccccc6c5cc4n-2c13. The smallest absolute Gasteiger partial charge is 0.159 e. The summed E-state index contributed by atoms with van der Waals surface area (Å²) in [4.78, 5) is 2.39. The maximum absolute atomic E-state index is 6.53. The van der Waals surface area contributed by atoms with Gasteiger partial charge in [0.15, 0.2) is 5.58 Å². The molecule has 40 heavy (non-hydrogen) atoms. The number of rotatable bonds is 1. The third-order valence-corrected chi connectivity index (χ3v) is 9.63. The molecule has 0 fully saturated rings. The molecule has 0 amide bonds. The van der Waals surface area contributed by atoms with E-state index in [0.29, 0.717) is 0 Å². The monoisotopic (exact) mass is 528 g/mol. The third-order valence-electron chi connectivity index (χ3n) is 8.49. The van der Waals surface area contributed by atoms with Gasteiger partial charge < -0.3 is 13.9 Å². The van der Waals surface area contributed by atoms with E-state index in [4.69, 9.17) is 4.42 Å². The minimum absolute atomic E-state index is 0.909. The van der Waals surface area contributed by atoms with E-state index < -0.39 is 0 Å². The molecule has 0 spiro atoms. The van der Waals surface area contributed by atoms with Crippen molar-refractivity contribution in [3.8, 4) is 5.69 Å². The Morgan fingerprint density at radius 3 is 2.10 bits per heavy atom. The van der Waals surface area contributed by atoms with Gasteiger partial charge in [-0.2, -0.15) is 0 Å². The van der Waals surface area contributed by atoms with Crippen LogP contribution in [0.25, 0.3) is 69.6 Å². The summed E-state index contributed by atoms with van der Waals surface area (Å²) in [7, 11) is 0. The van der Waals surface area contributed by atoms with E-state index in [1.807, 2.05) is 17.4 Å². The third kappa shape index (κ3) is 2.50. The zero-order valence-electron chi connectivity index (χ0n) is 21.3. The summed E-state index contributed by atoms with van der Waals surface area (Å²) in [6, 6.07) is 43.8. The second kappa shape index (κ2) is 7.32. The Hall–Kier alpha value is -5.06. The Labute approximate surface area is 232 Å². The van der Waals surface area contributed by atoms with Gasteiger partial charge in [-0.25, -0.2) is 0 Å². The molecule has 4 heterocycles. The molecule has 10 rings (SSSR count). The Morgan fingerprint density at radius 2 is 1.18 bits per heavy atom. The minimum atomic E-state index is 0.909. The molecule has 0 bridgehead atoms. The van der Waals surface area contributed by atoms with Gasteiger partial charge in [-0.1, -0.05) is 72.8 Å². The zero-order chi connectivity index (χ0) is 25.9. The quantitative estimate of drug-likeness (QED) is 0.211. The molecule has 3 nitrogen and oxygen atoms in total. The van der Waals surface area contributed by atoms with Gasteiger partial charge in [-0.15, -0.1) is 11.3 Å². The van der Waals surface area contributed by atoms with Gasteiger partial charge in [-0.05, 0) is 48.5 Å². The first kappa shape index (κ1) is 20.8. The molecule has 1 aliphatic rings. The first-order valence-corrected chi connectivity index (χ1v) is 14.3. The summed E-state index contributed by atoms with van der Waals surface area (Å²) in [6.07, 6.45) is 0. The van der Waals surface area contributed by atoms with Crippen molar-refractivity contribution < 1.29 is 4.42 Å². The van der Waals surface area contributed by atoms with Crippen LogP contribution in [0, 0.1) is 0 Å². The molecule has 0 unspecified atom stereocenters. The van der Waals surface area contributed by atoms with Crippen molar-refractivity contribution in [3.05, 3.63) is 121 Å². The molecule has 6 aromatic carbocycles. The molecule has 0 N–H and O–H groups in total. The normalized spacial score (nSPS) is 12.9. The Bertz CT molecular complexity index is 2510. The van der Waals surface area contributed by atoms with Crippen LogP contribution in [0.4, 0.5) is 17.1 Å². The van der Waals surface area contributed by atoms with Gasteiger partial charge in [-0.3, -0.25) is 0 Å². The van der Waals surface area contributed by atoms with E-state index in [1.165, 1.54) is 47.7 Å². The van der Waals surface area contributed by atoms with E-state index in [1.54, 1.807) is 0 Å². The standard InChI is InChI=1S/C36H20N2OS/c1-5-17-32-21(9-1)24-12-8-16-30(36(24)39-32)37-27-13-3-4-14-28(27)38-31-19-26-22-10-2-6-18-33(22)40-34(26)20-25(31)23-11-7-15-29(37)35(23)38/h1-20H. The topological polar surface area (TPSA) is 21.3 Å². The van der Waals surface area contributed by atoms with Crippen LogP contribution in [-0.2, 0) is 0 Å². The van der Waals surface area contributed by atoms with Crippen LogP contribution in [-0.4, -0.2) is 4.57 Å². The van der Waals surface area contributed by atoms with Crippen LogP contribution >= 0.6 is 11.3 Å². The van der Waals surface area contributed by atoms with Crippen LogP contribution in [0.2, 0.25) is 0 Å². The highest BCUT2D eigenvalue weighted by atomic mass is 32.1. The van der Waals surface area contributed by atoms with Crippen molar-refractivity contribution in [1.29, 1.82) is 0 Å². The molecule has 0 atom stereocenters. The number of nitrogens with zero attached hydrogens (tertiary/aromatic N) is 2. The van der Waals surface area contributed by atoms with Gasteiger partial charge >= 0.3 is 0 Å². The van der Waals surface area contributed by atoms with E-state index >= 15 is 0 Å². The maximum atomic E-state index is 6.53. The Balaban J connectivity index is 1.36. The summed E-state index contributed by atoms with van der Waals surface area (Å²) < 4.78 is 11.7. The van der Waals surface area contributed by atoms with Crippen molar-refractivity contribution in [1.82, 2.24) is 4.57 Å². The molecular weight excluding hydrogens is 508 g/mol. The van der Waals surface area contributed by atoms with Crippen LogP contribution in [0.15, 0.2) is 126 Å². The number of fused-ring (bicyclic) bond motifs is 11. The van der Waals surface area contributed by atoms with Crippen LogP contribution < -0.4 is 4.90 Å². The molecular formula is C36H20N2OS. The highest BCUT2D eigenvalue weighted by Gasteiger charge is 2.30. The first-order valence-electron chi connectivity index (χ1n) is 13.5. The zero-order valence-corrected chi connectivity index (χ0v) is 22.1. The first-order chi connectivity index (χ1) is 19.8. The molecule has 3 aromatic heterocycles. The fourth-order valence-corrected chi connectivity index (χ4v) is 7.96. The fraction of sp³-hybridized carbons (Fsp3) is 0. The van der Waals surface area contributed by atoms with Crippen LogP contribution in [0.3, 0.4) is 0 Å². The number of benzene rings is 6. The second-order valence-electron chi connectivity index (χ2n) is 10.5. The van der Waals surface area contributed by atoms with Crippen molar-refractivity contribution >= 4 is 92.3 Å². The van der Waals surface area contributed by atoms with Crippen molar-refractivity contribution in [2.75, 3.05) is 4.90 Å².